The largest absolute Gasteiger partial charge is 0.507 e. The molecule has 0 aromatic heterocycles. The monoisotopic (exact) mass is 329 g/mol. The first-order valence-corrected chi connectivity index (χ1v) is 6.82. The summed E-state index contributed by atoms with van der Waals surface area (Å²) in [5.41, 5.74) is -1.14. The molecule has 1 aliphatic heterocycles. The molecule has 1 aliphatic rings. The van der Waals surface area contributed by atoms with E-state index in [0.29, 0.717) is 11.8 Å². The summed E-state index contributed by atoms with van der Waals surface area (Å²) in [4.78, 5) is 24.5. The van der Waals surface area contributed by atoms with E-state index in [2.05, 4.69) is 6.58 Å². The molecule has 1 N–H and O–H groups in total. The van der Waals surface area contributed by atoms with Crippen molar-refractivity contribution in [3.05, 3.63) is 46.9 Å². The van der Waals surface area contributed by atoms with Gasteiger partial charge < -0.3 is 5.11 Å². The van der Waals surface area contributed by atoms with Gasteiger partial charge in [-0.25, -0.2) is 0 Å². The Bertz CT molecular complexity index is 682. The Labute approximate surface area is 127 Å². The average Bonchev–Trinajstić information content (AvgIpc) is 2.68. The summed E-state index contributed by atoms with van der Waals surface area (Å²) >= 11 is 0.641. The highest BCUT2D eigenvalue weighted by atomic mass is 32.2. The number of thioether (sulfide) groups is 1. The number of nitrogens with zero attached hydrogens (tertiary/aromatic N) is 1. The smallest absolute Gasteiger partial charge is 0.419 e. The topological polar surface area (TPSA) is 57.6 Å². The van der Waals surface area contributed by atoms with Gasteiger partial charge in [-0.1, -0.05) is 12.1 Å². The third-order valence-corrected chi connectivity index (χ3v) is 3.72. The highest BCUT2D eigenvalue weighted by Crippen LogP contribution is 2.37. The van der Waals surface area contributed by atoms with Gasteiger partial charge in [-0.2, -0.15) is 13.2 Å². The number of carbonyl (C=O) groups excluding carboxylic acids is 2. The van der Waals surface area contributed by atoms with E-state index in [4.69, 9.17) is 0 Å². The zero-order valence-corrected chi connectivity index (χ0v) is 11.9. The number of imide groups is 1. The van der Waals surface area contributed by atoms with Gasteiger partial charge in [0.1, 0.15) is 5.75 Å². The van der Waals surface area contributed by atoms with Crippen molar-refractivity contribution >= 4 is 29.0 Å². The van der Waals surface area contributed by atoms with Crippen LogP contribution in [0.1, 0.15) is 11.1 Å². The molecule has 2 rings (SSSR count). The van der Waals surface area contributed by atoms with E-state index in [1.165, 1.54) is 18.2 Å². The lowest BCUT2D eigenvalue weighted by Gasteiger charge is -2.10. The molecule has 4 nitrogen and oxygen atoms in total. The van der Waals surface area contributed by atoms with Crippen LogP contribution in [0.2, 0.25) is 0 Å². The van der Waals surface area contributed by atoms with Gasteiger partial charge >= 0.3 is 6.18 Å². The van der Waals surface area contributed by atoms with Crippen LogP contribution in [0.25, 0.3) is 6.08 Å². The maximum Gasteiger partial charge on any atom is 0.419 e. The first kappa shape index (κ1) is 16.2. The van der Waals surface area contributed by atoms with Crippen molar-refractivity contribution in [2.75, 3.05) is 6.54 Å². The van der Waals surface area contributed by atoms with Crippen LogP contribution < -0.4 is 0 Å². The molecule has 1 heterocycles. The number of alkyl halides is 3. The molecule has 1 saturated heterocycles. The van der Waals surface area contributed by atoms with E-state index in [-0.39, 0.29) is 17.0 Å². The molecule has 0 aliphatic carbocycles. The molecule has 1 aromatic rings. The van der Waals surface area contributed by atoms with Crippen molar-refractivity contribution in [1.29, 1.82) is 0 Å². The summed E-state index contributed by atoms with van der Waals surface area (Å²) in [6.07, 6.45) is -2.15. The number of hydrogen-bond donors (Lipinski definition) is 1. The Balaban J connectivity index is 2.37. The Morgan fingerprint density at radius 2 is 2.00 bits per heavy atom. The standard InChI is InChI=1S/C14H10F3NO3S/c1-2-5-18-12(20)11(22-13(18)21)7-8-3-4-10(19)9(6-8)14(15,16)17/h2-4,6-7,19H,1,5H2/b11-7+. The lowest BCUT2D eigenvalue weighted by molar-refractivity contribution is -0.138. The van der Waals surface area contributed by atoms with Gasteiger partial charge in [0.2, 0.25) is 0 Å². The van der Waals surface area contributed by atoms with Crippen LogP contribution in [0, 0.1) is 0 Å². The van der Waals surface area contributed by atoms with Crippen LogP contribution in [0.3, 0.4) is 0 Å². The molecule has 1 fully saturated rings. The molecule has 0 radical (unpaired) electrons. The zero-order chi connectivity index (χ0) is 16.5. The van der Waals surface area contributed by atoms with Crippen LogP contribution in [0.15, 0.2) is 35.8 Å². The lowest BCUT2D eigenvalue weighted by Crippen LogP contribution is -2.27. The molecule has 0 atom stereocenters. The SMILES string of the molecule is C=CCN1C(=O)S/C(=C/c2ccc(O)c(C(F)(F)F)c2)C1=O. The molecule has 22 heavy (non-hydrogen) atoms. The van der Waals surface area contributed by atoms with Gasteiger partial charge in [-0.15, -0.1) is 6.58 Å². The first-order chi connectivity index (χ1) is 10.2. The van der Waals surface area contributed by atoms with Crippen molar-refractivity contribution < 1.29 is 27.9 Å². The van der Waals surface area contributed by atoms with Crippen LogP contribution in [-0.4, -0.2) is 27.7 Å². The highest BCUT2D eigenvalue weighted by Gasteiger charge is 2.35. The van der Waals surface area contributed by atoms with Gasteiger partial charge in [0.15, 0.2) is 0 Å². The summed E-state index contributed by atoms with van der Waals surface area (Å²) in [5.74, 6) is -1.49. The molecule has 2 amide bonds. The Hall–Kier alpha value is -2.22. The number of benzene rings is 1. The minimum Gasteiger partial charge on any atom is -0.507 e. The van der Waals surface area contributed by atoms with Crippen LogP contribution in [0.4, 0.5) is 18.0 Å². The third kappa shape index (κ3) is 3.16. The summed E-state index contributed by atoms with van der Waals surface area (Å²) in [6.45, 7) is 3.46. The van der Waals surface area contributed by atoms with Crippen LogP contribution >= 0.6 is 11.8 Å². The van der Waals surface area contributed by atoms with E-state index in [1.807, 2.05) is 0 Å². The minimum atomic E-state index is -4.71. The fourth-order valence-corrected chi connectivity index (χ4v) is 2.66. The maximum atomic E-state index is 12.7. The van der Waals surface area contributed by atoms with Gasteiger partial charge in [0.05, 0.1) is 10.5 Å². The second-order valence-corrected chi connectivity index (χ2v) is 5.35. The van der Waals surface area contributed by atoms with Gasteiger partial charge in [0.25, 0.3) is 11.1 Å². The van der Waals surface area contributed by atoms with Crippen LogP contribution in [-0.2, 0) is 11.0 Å². The molecule has 0 unspecified atom stereocenters. The molecule has 8 heteroatoms. The zero-order valence-electron chi connectivity index (χ0n) is 11.1. The summed E-state index contributed by atoms with van der Waals surface area (Å²) < 4.78 is 38.2. The van der Waals surface area contributed by atoms with E-state index in [1.54, 1.807) is 0 Å². The normalized spacial score (nSPS) is 17.4. The number of halogens is 3. The van der Waals surface area contributed by atoms with Crippen molar-refractivity contribution in [3.63, 3.8) is 0 Å². The van der Waals surface area contributed by atoms with Gasteiger partial charge in [0, 0.05) is 6.54 Å². The molecule has 0 spiro atoms. The van der Waals surface area contributed by atoms with Crippen molar-refractivity contribution in [3.8, 4) is 5.75 Å². The van der Waals surface area contributed by atoms with E-state index in [0.717, 1.165) is 17.0 Å². The molecule has 116 valence electrons. The molecular formula is C14H10F3NO3S. The predicted molar refractivity (Wildman–Crippen MR) is 76.0 cm³/mol. The highest BCUT2D eigenvalue weighted by molar-refractivity contribution is 8.18. The van der Waals surface area contributed by atoms with Gasteiger partial charge in [-0.3, -0.25) is 14.5 Å². The first-order valence-electron chi connectivity index (χ1n) is 6.00. The third-order valence-electron chi connectivity index (χ3n) is 2.81. The number of carbonyl (C=O) groups is 2. The fraction of sp³-hybridized carbons (Fsp3) is 0.143. The van der Waals surface area contributed by atoms with Crippen molar-refractivity contribution in [2.24, 2.45) is 0 Å². The average molecular weight is 329 g/mol. The number of rotatable bonds is 3. The lowest BCUT2D eigenvalue weighted by atomic mass is 10.1. The number of amides is 2. The number of phenolic OH excluding ortho intramolecular Hbond substituents is 1. The fourth-order valence-electron chi connectivity index (χ4n) is 1.81. The second kappa shape index (κ2) is 5.88. The van der Waals surface area contributed by atoms with Crippen molar-refractivity contribution in [2.45, 2.75) is 6.18 Å². The van der Waals surface area contributed by atoms with E-state index >= 15 is 0 Å². The number of aromatic hydroxyl groups is 1. The summed E-state index contributed by atoms with van der Waals surface area (Å²) in [6, 6.07) is 2.84. The molecule has 0 bridgehead atoms. The van der Waals surface area contributed by atoms with E-state index in [9.17, 15) is 27.9 Å². The van der Waals surface area contributed by atoms with E-state index < -0.39 is 28.6 Å². The predicted octanol–water partition coefficient (Wildman–Crippen LogP) is 3.63. The molecule has 1 aromatic carbocycles. The Morgan fingerprint density at radius 3 is 2.59 bits per heavy atom. The maximum absolute atomic E-state index is 12.7. The molecular weight excluding hydrogens is 319 g/mol. The molecule has 0 saturated carbocycles. The summed E-state index contributed by atoms with van der Waals surface area (Å²) in [5, 5.41) is 8.74. The number of phenols is 1. The Kier molecular flexibility index (Phi) is 4.32. The Morgan fingerprint density at radius 1 is 1.32 bits per heavy atom. The second-order valence-electron chi connectivity index (χ2n) is 4.36. The van der Waals surface area contributed by atoms with Crippen molar-refractivity contribution in [1.82, 2.24) is 4.90 Å². The number of hydrogen-bond acceptors (Lipinski definition) is 4. The minimum absolute atomic E-state index is 0.0191. The summed E-state index contributed by atoms with van der Waals surface area (Å²) in [7, 11) is 0. The van der Waals surface area contributed by atoms with Gasteiger partial charge in [-0.05, 0) is 35.5 Å². The quantitative estimate of drug-likeness (QED) is 0.679. The van der Waals surface area contributed by atoms with Crippen LogP contribution in [0.5, 0.6) is 5.75 Å².